The van der Waals surface area contributed by atoms with Crippen molar-refractivity contribution >= 4 is 23.3 Å². The largest absolute Gasteiger partial charge is 0.383 e. The average Bonchev–Trinajstić information content (AvgIpc) is 2.81. The molecule has 1 heterocycles. The number of benzene rings is 2. The van der Waals surface area contributed by atoms with E-state index >= 15 is 0 Å². The highest BCUT2D eigenvalue weighted by Gasteiger charge is 2.49. The molecule has 0 bridgehead atoms. The standard InChI is InChI=1S/C32H42N4/c1-8-26-17-27(9-2)19-30(18-26)36(35-22-32(23-35)14-11-15-32)29-12-13-31(24(4)16-29)33-20-25(5)28(10-3)21-34(6)7/h10,12-13,16-21H,3,5,8-9,11,14-15,22-23H2,1-2,4,6-7H3/b28-21+,33-20-. The first-order valence-corrected chi connectivity index (χ1v) is 13.3. The lowest BCUT2D eigenvalue weighted by molar-refractivity contribution is -0.0597. The van der Waals surface area contributed by atoms with Gasteiger partial charge < -0.3 is 4.90 Å². The number of hydrazine groups is 1. The van der Waals surface area contributed by atoms with Gasteiger partial charge in [0.2, 0.25) is 0 Å². The Balaban J connectivity index is 1.64. The lowest BCUT2D eigenvalue weighted by Crippen LogP contribution is -2.64. The minimum absolute atomic E-state index is 0.552. The van der Waals surface area contributed by atoms with Gasteiger partial charge in [0.05, 0.1) is 17.1 Å². The fourth-order valence-electron chi connectivity index (χ4n) is 5.29. The predicted octanol–water partition coefficient (Wildman–Crippen LogP) is 7.55. The highest BCUT2D eigenvalue weighted by molar-refractivity contribution is 5.87. The topological polar surface area (TPSA) is 22.1 Å². The van der Waals surface area contributed by atoms with Crippen molar-refractivity contribution in [2.45, 2.75) is 52.9 Å². The van der Waals surface area contributed by atoms with Crippen molar-refractivity contribution in [3.8, 4) is 0 Å². The zero-order valence-electron chi connectivity index (χ0n) is 22.8. The fraction of sp³-hybridized carbons (Fsp3) is 0.406. The molecular formula is C32H42N4. The van der Waals surface area contributed by atoms with E-state index in [-0.39, 0.29) is 0 Å². The Morgan fingerprint density at radius 2 is 1.69 bits per heavy atom. The normalized spacial score (nSPS) is 17.1. The number of aliphatic imine (C=N–C) groups is 1. The monoisotopic (exact) mass is 482 g/mol. The van der Waals surface area contributed by atoms with Crippen molar-refractivity contribution in [3.63, 3.8) is 0 Å². The summed E-state index contributed by atoms with van der Waals surface area (Å²) in [6.07, 6.45) is 11.9. The van der Waals surface area contributed by atoms with Gasteiger partial charge in [0.1, 0.15) is 0 Å². The molecular weight excluding hydrogens is 440 g/mol. The molecule has 0 aromatic heterocycles. The summed E-state index contributed by atoms with van der Waals surface area (Å²) < 4.78 is 0. The van der Waals surface area contributed by atoms with Crippen molar-refractivity contribution in [1.82, 2.24) is 9.91 Å². The maximum absolute atomic E-state index is 4.77. The van der Waals surface area contributed by atoms with E-state index in [0.717, 1.165) is 48.3 Å². The van der Waals surface area contributed by atoms with Crippen LogP contribution in [0.15, 0.2) is 78.0 Å². The van der Waals surface area contributed by atoms with Crippen LogP contribution < -0.4 is 5.01 Å². The van der Waals surface area contributed by atoms with Crippen LogP contribution in [-0.4, -0.2) is 43.3 Å². The molecule has 2 aliphatic rings. The third-order valence-corrected chi connectivity index (χ3v) is 7.60. The summed E-state index contributed by atoms with van der Waals surface area (Å²) in [4.78, 5) is 6.76. The maximum atomic E-state index is 4.77. The molecule has 36 heavy (non-hydrogen) atoms. The van der Waals surface area contributed by atoms with Gasteiger partial charge >= 0.3 is 0 Å². The summed E-state index contributed by atoms with van der Waals surface area (Å²) in [7, 11) is 3.99. The van der Waals surface area contributed by atoms with Crippen LogP contribution in [0.4, 0.5) is 17.1 Å². The van der Waals surface area contributed by atoms with Crippen LogP contribution in [0.1, 0.15) is 49.8 Å². The molecule has 0 unspecified atom stereocenters. The molecule has 0 amide bonds. The summed E-state index contributed by atoms with van der Waals surface area (Å²) in [5.41, 5.74) is 9.75. The van der Waals surface area contributed by atoms with E-state index in [1.165, 1.54) is 41.8 Å². The van der Waals surface area contributed by atoms with Gasteiger partial charge in [0.15, 0.2) is 0 Å². The maximum Gasteiger partial charge on any atom is 0.0660 e. The highest BCUT2D eigenvalue weighted by Crippen LogP contribution is 2.50. The van der Waals surface area contributed by atoms with Crippen molar-refractivity contribution < 1.29 is 0 Å². The second kappa shape index (κ2) is 10.9. The number of aryl methyl sites for hydroxylation is 3. The van der Waals surface area contributed by atoms with Crippen LogP contribution in [0.5, 0.6) is 0 Å². The molecule has 1 aliphatic carbocycles. The molecule has 1 spiro atoms. The van der Waals surface area contributed by atoms with Crippen molar-refractivity contribution in [2.24, 2.45) is 10.4 Å². The van der Waals surface area contributed by atoms with Crippen molar-refractivity contribution in [1.29, 1.82) is 0 Å². The quantitative estimate of drug-likeness (QED) is 0.258. The second-order valence-electron chi connectivity index (χ2n) is 10.7. The first kappa shape index (κ1) is 26.0. The molecule has 190 valence electrons. The third-order valence-electron chi connectivity index (χ3n) is 7.60. The van der Waals surface area contributed by atoms with Gasteiger partial charge in [-0.1, -0.05) is 45.6 Å². The fourth-order valence-corrected chi connectivity index (χ4v) is 5.29. The van der Waals surface area contributed by atoms with Crippen LogP contribution in [0, 0.1) is 12.3 Å². The molecule has 1 aliphatic heterocycles. The smallest absolute Gasteiger partial charge is 0.0660 e. The van der Waals surface area contributed by atoms with Gasteiger partial charge in [-0.2, -0.15) is 0 Å². The van der Waals surface area contributed by atoms with E-state index in [0.29, 0.717) is 5.41 Å². The summed E-state index contributed by atoms with van der Waals surface area (Å²) in [5.74, 6) is 0. The highest BCUT2D eigenvalue weighted by atomic mass is 15.7. The molecule has 4 heteroatoms. The zero-order valence-corrected chi connectivity index (χ0v) is 22.8. The van der Waals surface area contributed by atoms with E-state index in [2.05, 4.69) is 80.3 Å². The molecule has 4 nitrogen and oxygen atoms in total. The van der Waals surface area contributed by atoms with Crippen LogP contribution in [0.2, 0.25) is 0 Å². The van der Waals surface area contributed by atoms with Crippen LogP contribution in [0.3, 0.4) is 0 Å². The first-order valence-electron chi connectivity index (χ1n) is 13.3. The molecule has 1 saturated heterocycles. The number of anilines is 2. The minimum atomic E-state index is 0.552. The Morgan fingerprint density at radius 3 is 2.19 bits per heavy atom. The van der Waals surface area contributed by atoms with Gasteiger partial charge in [-0.05, 0) is 96.2 Å². The summed E-state index contributed by atoms with van der Waals surface area (Å²) in [6.45, 7) is 17.0. The van der Waals surface area contributed by atoms with Gasteiger partial charge in [-0.15, -0.1) is 0 Å². The summed E-state index contributed by atoms with van der Waals surface area (Å²) in [6, 6.07) is 13.7. The van der Waals surface area contributed by atoms with Crippen LogP contribution in [-0.2, 0) is 12.8 Å². The number of rotatable bonds is 10. The molecule has 0 radical (unpaired) electrons. The molecule has 0 atom stereocenters. The molecule has 1 saturated carbocycles. The van der Waals surface area contributed by atoms with E-state index in [1.807, 2.05) is 37.5 Å². The van der Waals surface area contributed by atoms with Crippen molar-refractivity contribution in [3.05, 3.63) is 89.7 Å². The Hall–Kier alpha value is -3.11. The Kier molecular flexibility index (Phi) is 7.85. The SMILES string of the molecule is C=C/C(=C\N(C)C)C(=C)/C=N\c1ccc(N(c2cc(CC)cc(CC)c2)N2CC3(CCC3)C2)cc1C. The Morgan fingerprint density at radius 1 is 1.03 bits per heavy atom. The lowest BCUT2D eigenvalue weighted by Gasteiger charge is -2.59. The van der Waals surface area contributed by atoms with Crippen molar-refractivity contribution in [2.75, 3.05) is 32.2 Å². The van der Waals surface area contributed by atoms with E-state index in [9.17, 15) is 0 Å². The molecule has 4 rings (SSSR count). The number of nitrogens with zero attached hydrogens (tertiary/aromatic N) is 4. The van der Waals surface area contributed by atoms with Gasteiger partial charge in [-0.3, -0.25) is 10.0 Å². The molecule has 0 N–H and O–H groups in total. The minimum Gasteiger partial charge on any atom is -0.383 e. The Bertz CT molecular complexity index is 1150. The number of hydrogen-bond donors (Lipinski definition) is 0. The molecule has 2 aromatic carbocycles. The van der Waals surface area contributed by atoms with Gasteiger partial charge in [0.25, 0.3) is 0 Å². The summed E-state index contributed by atoms with van der Waals surface area (Å²) >= 11 is 0. The van der Waals surface area contributed by atoms with Crippen LogP contribution in [0.25, 0.3) is 0 Å². The van der Waals surface area contributed by atoms with E-state index in [4.69, 9.17) is 4.99 Å². The zero-order chi connectivity index (χ0) is 25.9. The number of allylic oxidation sites excluding steroid dienone is 3. The third kappa shape index (κ3) is 5.49. The second-order valence-corrected chi connectivity index (χ2v) is 10.7. The van der Waals surface area contributed by atoms with E-state index in [1.54, 1.807) is 0 Å². The predicted molar refractivity (Wildman–Crippen MR) is 156 cm³/mol. The Labute approximate surface area is 218 Å². The average molecular weight is 483 g/mol. The molecule has 2 aromatic rings. The number of hydrogen-bond acceptors (Lipinski definition) is 4. The van der Waals surface area contributed by atoms with Gasteiger partial charge in [-0.25, -0.2) is 5.01 Å². The van der Waals surface area contributed by atoms with Gasteiger partial charge in [0, 0.05) is 39.6 Å². The lowest BCUT2D eigenvalue weighted by atomic mass is 9.64. The van der Waals surface area contributed by atoms with E-state index < -0.39 is 0 Å². The first-order chi connectivity index (χ1) is 17.3. The molecule has 2 fully saturated rings. The summed E-state index contributed by atoms with van der Waals surface area (Å²) in [5, 5.41) is 4.99. The van der Waals surface area contributed by atoms with Crippen LogP contribution >= 0.6 is 0 Å².